The van der Waals surface area contributed by atoms with E-state index in [9.17, 15) is 17.9 Å². The summed E-state index contributed by atoms with van der Waals surface area (Å²) in [4.78, 5) is -0.406. The standard InChI is InChI=1S/C10H11ClFNO3S/c11-7-1-2-10(9(12)5-7)17(15,16)13-4-3-8(14)6-13/h1-2,5,8,14H,3-4,6H2/t8-/m1/s1. The Morgan fingerprint density at radius 1 is 1.47 bits per heavy atom. The molecule has 17 heavy (non-hydrogen) atoms. The van der Waals surface area contributed by atoms with Gasteiger partial charge in [-0.15, -0.1) is 0 Å². The first kappa shape index (κ1) is 12.8. The maximum Gasteiger partial charge on any atom is 0.246 e. The van der Waals surface area contributed by atoms with Crippen LogP contribution in [0, 0.1) is 5.82 Å². The predicted molar refractivity (Wildman–Crippen MR) is 60.8 cm³/mol. The van der Waals surface area contributed by atoms with Crippen LogP contribution in [0.4, 0.5) is 4.39 Å². The lowest BCUT2D eigenvalue weighted by molar-refractivity contribution is 0.189. The molecule has 1 N–H and O–H groups in total. The molecular weight excluding hydrogens is 269 g/mol. The molecule has 0 amide bonds. The molecule has 2 rings (SSSR count). The van der Waals surface area contributed by atoms with Crippen LogP contribution in [-0.4, -0.2) is 37.0 Å². The van der Waals surface area contributed by atoms with Gasteiger partial charge in [-0.2, -0.15) is 4.31 Å². The third-order valence-corrected chi connectivity index (χ3v) is 4.77. The van der Waals surface area contributed by atoms with E-state index in [1.807, 2.05) is 0 Å². The fraction of sp³-hybridized carbons (Fsp3) is 0.400. The smallest absolute Gasteiger partial charge is 0.246 e. The summed E-state index contributed by atoms with van der Waals surface area (Å²) in [6, 6.07) is 3.42. The minimum atomic E-state index is -3.88. The zero-order chi connectivity index (χ0) is 12.6. The molecule has 0 saturated carbocycles. The Morgan fingerprint density at radius 2 is 2.18 bits per heavy atom. The topological polar surface area (TPSA) is 57.6 Å². The summed E-state index contributed by atoms with van der Waals surface area (Å²) in [6.45, 7) is 0.204. The third kappa shape index (κ3) is 2.44. The van der Waals surface area contributed by atoms with E-state index in [4.69, 9.17) is 11.6 Å². The number of halogens is 2. The van der Waals surface area contributed by atoms with E-state index in [1.54, 1.807) is 0 Å². The van der Waals surface area contributed by atoms with E-state index in [0.29, 0.717) is 6.42 Å². The Bertz CT molecular complexity index is 534. The first-order valence-electron chi connectivity index (χ1n) is 5.04. The molecule has 1 heterocycles. The van der Waals surface area contributed by atoms with Gasteiger partial charge >= 0.3 is 0 Å². The van der Waals surface area contributed by atoms with Gasteiger partial charge < -0.3 is 5.11 Å². The Hall–Kier alpha value is -0.690. The second-order valence-electron chi connectivity index (χ2n) is 3.88. The summed E-state index contributed by atoms with van der Waals surface area (Å²) >= 11 is 5.56. The SMILES string of the molecule is O=S(=O)(c1ccc(Cl)cc1F)N1CC[C@@H](O)C1. The van der Waals surface area contributed by atoms with E-state index in [1.165, 1.54) is 6.07 Å². The van der Waals surface area contributed by atoms with Crippen LogP contribution in [0.2, 0.25) is 5.02 Å². The number of aliphatic hydroxyl groups excluding tert-OH is 1. The monoisotopic (exact) mass is 279 g/mol. The molecule has 1 fully saturated rings. The highest BCUT2D eigenvalue weighted by Crippen LogP contribution is 2.25. The van der Waals surface area contributed by atoms with Crippen LogP contribution < -0.4 is 0 Å². The fourth-order valence-corrected chi connectivity index (χ4v) is 3.45. The maximum absolute atomic E-state index is 13.5. The average Bonchev–Trinajstić information content (AvgIpc) is 2.64. The highest BCUT2D eigenvalue weighted by molar-refractivity contribution is 7.89. The largest absolute Gasteiger partial charge is 0.392 e. The van der Waals surface area contributed by atoms with Crippen molar-refractivity contribution in [3.05, 3.63) is 29.0 Å². The fourth-order valence-electron chi connectivity index (χ4n) is 1.75. The second kappa shape index (κ2) is 4.53. The van der Waals surface area contributed by atoms with E-state index < -0.39 is 26.8 Å². The van der Waals surface area contributed by atoms with Crippen molar-refractivity contribution in [3.63, 3.8) is 0 Å². The predicted octanol–water partition coefficient (Wildman–Crippen LogP) is 1.23. The van der Waals surface area contributed by atoms with Gasteiger partial charge in [-0.25, -0.2) is 12.8 Å². The normalized spacial score (nSPS) is 21.9. The van der Waals surface area contributed by atoms with Gasteiger partial charge in [-0.3, -0.25) is 0 Å². The number of β-amino-alcohol motifs (C(OH)–C–C–N with tert-alkyl or cyclic N) is 1. The second-order valence-corrected chi connectivity index (χ2v) is 6.22. The molecule has 1 aromatic carbocycles. The Morgan fingerprint density at radius 3 is 2.71 bits per heavy atom. The van der Waals surface area contributed by atoms with Gasteiger partial charge in [-0.05, 0) is 24.6 Å². The quantitative estimate of drug-likeness (QED) is 0.886. The van der Waals surface area contributed by atoms with E-state index in [0.717, 1.165) is 16.4 Å². The zero-order valence-electron chi connectivity index (χ0n) is 8.81. The minimum Gasteiger partial charge on any atom is -0.392 e. The molecule has 7 heteroatoms. The number of nitrogens with zero attached hydrogens (tertiary/aromatic N) is 1. The van der Waals surface area contributed by atoms with Crippen molar-refractivity contribution in [2.24, 2.45) is 0 Å². The number of benzene rings is 1. The van der Waals surface area contributed by atoms with E-state index in [2.05, 4.69) is 0 Å². The first-order chi connectivity index (χ1) is 7.91. The van der Waals surface area contributed by atoms with Crippen molar-refractivity contribution in [2.45, 2.75) is 17.4 Å². The van der Waals surface area contributed by atoms with Gasteiger partial charge in [0, 0.05) is 18.1 Å². The van der Waals surface area contributed by atoms with Crippen LogP contribution in [-0.2, 0) is 10.0 Å². The third-order valence-electron chi connectivity index (χ3n) is 2.64. The molecule has 0 spiro atoms. The van der Waals surface area contributed by atoms with Gasteiger partial charge in [-0.1, -0.05) is 11.6 Å². The minimum absolute atomic E-state index is 0.00436. The molecule has 1 aromatic rings. The van der Waals surface area contributed by atoms with Crippen molar-refractivity contribution in [1.29, 1.82) is 0 Å². The highest BCUT2D eigenvalue weighted by Gasteiger charge is 2.33. The Kier molecular flexibility index (Phi) is 3.40. The van der Waals surface area contributed by atoms with Crippen LogP contribution in [0.3, 0.4) is 0 Å². The molecule has 1 aliphatic rings. The van der Waals surface area contributed by atoms with E-state index in [-0.39, 0.29) is 18.1 Å². The van der Waals surface area contributed by atoms with Gasteiger partial charge in [0.05, 0.1) is 6.10 Å². The van der Waals surface area contributed by atoms with Crippen molar-refractivity contribution in [1.82, 2.24) is 4.31 Å². The average molecular weight is 280 g/mol. The van der Waals surface area contributed by atoms with Crippen LogP contribution >= 0.6 is 11.6 Å². The van der Waals surface area contributed by atoms with Crippen LogP contribution in [0.25, 0.3) is 0 Å². The van der Waals surface area contributed by atoms with Crippen molar-refractivity contribution < 1.29 is 17.9 Å². The number of sulfonamides is 1. The first-order valence-corrected chi connectivity index (χ1v) is 6.86. The van der Waals surface area contributed by atoms with Crippen molar-refractivity contribution in [2.75, 3.05) is 13.1 Å². The number of hydrogen-bond donors (Lipinski definition) is 1. The van der Waals surface area contributed by atoms with E-state index >= 15 is 0 Å². The lowest BCUT2D eigenvalue weighted by atomic mass is 10.3. The van der Waals surface area contributed by atoms with Crippen LogP contribution in [0.5, 0.6) is 0 Å². The Balaban J connectivity index is 2.38. The lowest BCUT2D eigenvalue weighted by Crippen LogP contribution is -2.30. The molecule has 1 aliphatic heterocycles. The molecule has 0 bridgehead atoms. The summed E-state index contributed by atoms with van der Waals surface area (Å²) in [7, 11) is -3.88. The number of hydrogen-bond acceptors (Lipinski definition) is 3. The molecule has 1 saturated heterocycles. The number of rotatable bonds is 2. The summed E-state index contributed by atoms with van der Waals surface area (Å²) in [6.07, 6.45) is -0.311. The van der Waals surface area contributed by atoms with Gasteiger partial charge in [0.25, 0.3) is 0 Å². The molecular formula is C10H11ClFNO3S. The van der Waals surface area contributed by atoms with Gasteiger partial charge in [0.2, 0.25) is 10.0 Å². The van der Waals surface area contributed by atoms with Crippen LogP contribution in [0.1, 0.15) is 6.42 Å². The molecule has 0 aromatic heterocycles. The Labute approximate surface area is 104 Å². The molecule has 94 valence electrons. The summed E-state index contributed by atoms with van der Waals surface area (Å²) in [5, 5.41) is 9.44. The van der Waals surface area contributed by atoms with Gasteiger partial charge in [0.15, 0.2) is 0 Å². The zero-order valence-corrected chi connectivity index (χ0v) is 10.4. The number of aliphatic hydroxyl groups is 1. The summed E-state index contributed by atoms with van der Waals surface area (Å²) in [5.74, 6) is -0.876. The molecule has 0 unspecified atom stereocenters. The highest BCUT2D eigenvalue weighted by atomic mass is 35.5. The molecule has 0 aliphatic carbocycles. The summed E-state index contributed by atoms with van der Waals surface area (Å²) < 4.78 is 38.7. The summed E-state index contributed by atoms with van der Waals surface area (Å²) in [5.41, 5.74) is 0. The lowest BCUT2D eigenvalue weighted by Gasteiger charge is -2.16. The molecule has 0 radical (unpaired) electrons. The molecule has 1 atom stereocenters. The van der Waals surface area contributed by atoms with Crippen molar-refractivity contribution >= 4 is 21.6 Å². The van der Waals surface area contributed by atoms with Crippen LogP contribution in [0.15, 0.2) is 23.1 Å². The van der Waals surface area contributed by atoms with Crippen molar-refractivity contribution in [3.8, 4) is 0 Å². The molecule has 4 nitrogen and oxygen atoms in total. The van der Waals surface area contributed by atoms with Gasteiger partial charge in [0.1, 0.15) is 10.7 Å². The maximum atomic E-state index is 13.5.